The number of benzene rings is 3. The molecule has 0 bridgehead atoms. The maximum absolute atomic E-state index is 13.2. The zero-order chi connectivity index (χ0) is 26.7. The number of hydrogen-bond acceptors (Lipinski definition) is 5. The Morgan fingerprint density at radius 3 is 2.32 bits per heavy atom. The maximum atomic E-state index is 13.2. The van der Waals surface area contributed by atoms with E-state index in [2.05, 4.69) is 30.9 Å². The highest BCUT2D eigenvalue weighted by molar-refractivity contribution is 6.04. The van der Waals surface area contributed by atoms with Crippen molar-refractivity contribution in [3.8, 4) is 11.1 Å². The quantitative estimate of drug-likeness (QED) is 0.216. The highest BCUT2D eigenvalue weighted by Gasteiger charge is 2.30. The number of carbonyl (C=O) groups is 1. The summed E-state index contributed by atoms with van der Waals surface area (Å²) < 4.78 is 39.7. The number of aromatic amines is 1. The smallest absolute Gasteiger partial charge is 0.346 e. The van der Waals surface area contributed by atoms with Crippen LogP contribution in [0.1, 0.15) is 5.56 Å². The first-order valence-corrected chi connectivity index (χ1v) is 11.3. The van der Waals surface area contributed by atoms with Crippen molar-refractivity contribution in [1.82, 2.24) is 15.0 Å². The summed E-state index contributed by atoms with van der Waals surface area (Å²) in [5, 5.41) is 8.76. The van der Waals surface area contributed by atoms with E-state index >= 15 is 0 Å². The molecule has 3 aromatic carbocycles. The zero-order valence-corrected chi connectivity index (χ0v) is 19.5. The van der Waals surface area contributed by atoms with Gasteiger partial charge in [-0.25, -0.2) is 14.8 Å². The van der Waals surface area contributed by atoms with Gasteiger partial charge in [0.15, 0.2) is 5.43 Å². The van der Waals surface area contributed by atoms with Crippen LogP contribution in [-0.2, 0) is 6.18 Å². The lowest BCUT2D eigenvalue weighted by atomic mass is 10.0. The van der Waals surface area contributed by atoms with Crippen molar-refractivity contribution >= 4 is 39.9 Å². The number of pyridine rings is 1. The fourth-order valence-corrected chi connectivity index (χ4v) is 3.91. The molecule has 11 heteroatoms. The van der Waals surface area contributed by atoms with Crippen LogP contribution in [0, 0.1) is 0 Å². The molecule has 0 saturated heterocycles. The number of nitrogens with zero attached hydrogens (tertiary/aromatic N) is 2. The van der Waals surface area contributed by atoms with Crippen molar-refractivity contribution in [2.45, 2.75) is 6.18 Å². The summed E-state index contributed by atoms with van der Waals surface area (Å²) in [4.78, 5) is 36.5. The number of para-hydroxylation sites is 3. The number of aromatic nitrogens is 3. The van der Waals surface area contributed by atoms with E-state index in [1.807, 2.05) is 0 Å². The number of halogens is 3. The molecule has 5 rings (SSSR count). The minimum Gasteiger partial charge on any atom is -0.346 e. The predicted octanol–water partition coefficient (Wildman–Crippen LogP) is 6.39. The predicted molar refractivity (Wildman–Crippen MR) is 139 cm³/mol. The minimum atomic E-state index is -4.49. The third-order valence-electron chi connectivity index (χ3n) is 5.65. The van der Waals surface area contributed by atoms with Crippen molar-refractivity contribution in [1.29, 1.82) is 0 Å². The molecule has 2 heterocycles. The van der Waals surface area contributed by atoms with Crippen LogP contribution in [0.2, 0.25) is 0 Å². The van der Waals surface area contributed by atoms with Crippen LogP contribution < -0.4 is 21.4 Å². The lowest BCUT2D eigenvalue weighted by Crippen LogP contribution is -2.20. The molecule has 0 unspecified atom stereocenters. The molecule has 2 aromatic heterocycles. The number of urea groups is 1. The number of rotatable bonds is 5. The summed E-state index contributed by atoms with van der Waals surface area (Å²) in [6.45, 7) is 0. The molecule has 4 N–H and O–H groups in total. The van der Waals surface area contributed by atoms with Crippen LogP contribution >= 0.6 is 0 Å². The maximum Gasteiger partial charge on any atom is 0.416 e. The molecule has 0 aliphatic heterocycles. The Balaban J connectivity index is 1.40. The van der Waals surface area contributed by atoms with E-state index in [0.29, 0.717) is 33.8 Å². The molecule has 0 saturated carbocycles. The number of anilines is 4. The topological polar surface area (TPSA) is 112 Å². The van der Waals surface area contributed by atoms with Gasteiger partial charge < -0.3 is 20.9 Å². The zero-order valence-electron chi connectivity index (χ0n) is 19.5. The number of nitrogens with one attached hydrogen (secondary N) is 4. The molecular weight excluding hydrogens is 497 g/mol. The molecule has 2 amide bonds. The van der Waals surface area contributed by atoms with Crippen molar-refractivity contribution in [2.75, 3.05) is 16.0 Å². The second-order valence-electron chi connectivity index (χ2n) is 8.16. The summed E-state index contributed by atoms with van der Waals surface area (Å²) in [5.74, 6) is 0.251. The molecule has 8 nitrogen and oxygen atoms in total. The van der Waals surface area contributed by atoms with Crippen LogP contribution in [0.4, 0.5) is 40.8 Å². The molecular formula is C27H19F3N6O2. The molecule has 0 atom stereocenters. The molecule has 0 spiro atoms. The van der Waals surface area contributed by atoms with Gasteiger partial charge in [0, 0.05) is 17.8 Å². The van der Waals surface area contributed by atoms with Gasteiger partial charge in [-0.05, 0) is 35.9 Å². The SMILES string of the molecule is O=C(Nc1ccccc1Nc1ncnc2[nH]ccc(=O)c12)Nc1ccccc1-c1cccc(C(F)(F)F)c1. The summed E-state index contributed by atoms with van der Waals surface area (Å²) in [5.41, 5.74) is 1.16. The van der Waals surface area contributed by atoms with Gasteiger partial charge >= 0.3 is 12.2 Å². The van der Waals surface area contributed by atoms with Gasteiger partial charge in [-0.15, -0.1) is 0 Å². The Morgan fingerprint density at radius 2 is 1.53 bits per heavy atom. The van der Waals surface area contributed by atoms with Crippen molar-refractivity contribution < 1.29 is 18.0 Å². The number of fused-ring (bicyclic) bond motifs is 1. The van der Waals surface area contributed by atoms with E-state index in [4.69, 9.17) is 0 Å². The van der Waals surface area contributed by atoms with Crippen LogP contribution in [0.5, 0.6) is 0 Å². The Bertz CT molecular complexity index is 1700. The first-order valence-electron chi connectivity index (χ1n) is 11.3. The summed E-state index contributed by atoms with van der Waals surface area (Å²) in [6, 6.07) is 19.0. The molecule has 5 aromatic rings. The van der Waals surface area contributed by atoms with E-state index in [1.54, 1.807) is 54.6 Å². The van der Waals surface area contributed by atoms with E-state index in [-0.39, 0.29) is 16.6 Å². The van der Waals surface area contributed by atoms with E-state index in [0.717, 1.165) is 12.1 Å². The van der Waals surface area contributed by atoms with Crippen LogP contribution in [-0.4, -0.2) is 21.0 Å². The monoisotopic (exact) mass is 516 g/mol. The molecule has 38 heavy (non-hydrogen) atoms. The number of H-pyrrole nitrogens is 1. The van der Waals surface area contributed by atoms with Crippen molar-refractivity contribution in [2.24, 2.45) is 0 Å². The van der Waals surface area contributed by atoms with Gasteiger partial charge in [0.2, 0.25) is 0 Å². The number of amides is 2. The van der Waals surface area contributed by atoms with Crippen molar-refractivity contribution in [3.05, 3.63) is 107 Å². The van der Waals surface area contributed by atoms with Crippen LogP contribution in [0.15, 0.2) is 96.2 Å². The summed E-state index contributed by atoms with van der Waals surface area (Å²) >= 11 is 0. The van der Waals surface area contributed by atoms with Crippen LogP contribution in [0.25, 0.3) is 22.2 Å². The Hall–Kier alpha value is -5.19. The average molecular weight is 516 g/mol. The fraction of sp³-hybridized carbons (Fsp3) is 0.0370. The largest absolute Gasteiger partial charge is 0.416 e. The third kappa shape index (κ3) is 5.16. The summed E-state index contributed by atoms with van der Waals surface area (Å²) in [7, 11) is 0. The Morgan fingerprint density at radius 1 is 0.816 bits per heavy atom. The molecule has 0 aliphatic rings. The Kier molecular flexibility index (Phi) is 6.48. The first kappa shape index (κ1) is 24.5. The lowest BCUT2D eigenvalue weighted by molar-refractivity contribution is -0.137. The molecule has 0 radical (unpaired) electrons. The van der Waals surface area contributed by atoms with E-state index < -0.39 is 17.8 Å². The lowest BCUT2D eigenvalue weighted by Gasteiger charge is -2.16. The highest BCUT2D eigenvalue weighted by Crippen LogP contribution is 2.35. The van der Waals surface area contributed by atoms with Gasteiger partial charge in [0.25, 0.3) is 0 Å². The Labute approximate surface area is 213 Å². The van der Waals surface area contributed by atoms with E-state index in [9.17, 15) is 22.8 Å². The van der Waals surface area contributed by atoms with Gasteiger partial charge in [-0.3, -0.25) is 4.79 Å². The summed E-state index contributed by atoms with van der Waals surface area (Å²) in [6.07, 6.45) is -1.71. The molecule has 0 aliphatic carbocycles. The normalized spacial score (nSPS) is 11.2. The molecule has 0 fully saturated rings. The number of hydrogen-bond donors (Lipinski definition) is 4. The standard InChI is InChI=1S/C27H19F3N6O2/c28-27(29,30)17-7-5-6-16(14-17)18-8-1-2-9-19(18)35-26(38)36-21-11-4-3-10-20(21)34-25-23-22(37)12-13-31-24(23)32-15-33-25/h1-15H,(H2,35,36,38)(H2,31,32,33,34,37). The van der Waals surface area contributed by atoms with Gasteiger partial charge in [-0.2, -0.15) is 13.2 Å². The number of alkyl halides is 3. The first-order chi connectivity index (χ1) is 18.3. The second kappa shape index (κ2) is 10.1. The fourth-order valence-electron chi connectivity index (χ4n) is 3.91. The van der Waals surface area contributed by atoms with Crippen molar-refractivity contribution in [3.63, 3.8) is 0 Å². The number of carbonyl (C=O) groups excluding carboxylic acids is 1. The van der Waals surface area contributed by atoms with Crippen LogP contribution in [0.3, 0.4) is 0 Å². The third-order valence-corrected chi connectivity index (χ3v) is 5.65. The minimum absolute atomic E-state index is 0.251. The molecule has 190 valence electrons. The average Bonchev–Trinajstić information content (AvgIpc) is 2.90. The highest BCUT2D eigenvalue weighted by atomic mass is 19.4. The second-order valence-corrected chi connectivity index (χ2v) is 8.16. The van der Waals surface area contributed by atoms with E-state index in [1.165, 1.54) is 24.7 Å². The van der Waals surface area contributed by atoms with Gasteiger partial charge in [0.1, 0.15) is 23.2 Å². The van der Waals surface area contributed by atoms with Gasteiger partial charge in [-0.1, -0.05) is 42.5 Å². The van der Waals surface area contributed by atoms with Gasteiger partial charge in [0.05, 0.1) is 22.6 Å².